The van der Waals surface area contributed by atoms with Crippen molar-refractivity contribution in [2.24, 2.45) is 0 Å². The number of nitrogens with one attached hydrogen (secondary N) is 2. The lowest BCUT2D eigenvalue weighted by molar-refractivity contribution is 0.0697. The van der Waals surface area contributed by atoms with E-state index in [-0.39, 0.29) is 11.6 Å². The number of carboxylic acid groups (broad SMARTS) is 1. The van der Waals surface area contributed by atoms with E-state index in [1.807, 2.05) is 61.5 Å². The van der Waals surface area contributed by atoms with Crippen molar-refractivity contribution in [1.82, 2.24) is 0 Å². The zero-order valence-corrected chi connectivity index (χ0v) is 21.8. The molecule has 6 heteroatoms. The van der Waals surface area contributed by atoms with Gasteiger partial charge in [-0.25, -0.2) is 9.59 Å². The molecular weight excluding hydrogens is 462 g/mol. The van der Waals surface area contributed by atoms with E-state index in [2.05, 4.69) is 22.5 Å². The summed E-state index contributed by atoms with van der Waals surface area (Å²) in [5.41, 5.74) is 5.12. The van der Waals surface area contributed by atoms with Crippen LogP contribution in [0.25, 0.3) is 11.1 Å². The van der Waals surface area contributed by atoms with Gasteiger partial charge in [0.1, 0.15) is 0 Å². The minimum Gasteiger partial charge on any atom is -0.478 e. The summed E-state index contributed by atoms with van der Waals surface area (Å²) in [6, 6.07) is 20.7. The molecule has 0 saturated heterocycles. The Morgan fingerprint density at radius 2 is 1.68 bits per heavy atom. The monoisotopic (exact) mass is 499 g/mol. The molecule has 0 spiro atoms. The summed E-state index contributed by atoms with van der Waals surface area (Å²) in [7, 11) is 0. The van der Waals surface area contributed by atoms with Gasteiger partial charge in [-0.15, -0.1) is 0 Å². The fraction of sp³-hybridized carbons (Fsp3) is 0.355. The van der Waals surface area contributed by atoms with Gasteiger partial charge >= 0.3 is 12.0 Å². The van der Waals surface area contributed by atoms with Gasteiger partial charge in [0.2, 0.25) is 0 Å². The Hall–Kier alpha value is -3.80. The van der Waals surface area contributed by atoms with Crippen LogP contribution in [0.1, 0.15) is 67.8 Å². The molecule has 0 radical (unpaired) electrons. The molecule has 0 aromatic heterocycles. The lowest BCUT2D eigenvalue weighted by atomic mass is 9.92. The first kappa shape index (κ1) is 26.3. The summed E-state index contributed by atoms with van der Waals surface area (Å²) in [4.78, 5) is 27.5. The van der Waals surface area contributed by atoms with Gasteiger partial charge in [0, 0.05) is 18.3 Å². The Morgan fingerprint density at radius 1 is 0.946 bits per heavy atom. The van der Waals surface area contributed by atoms with Crippen LogP contribution in [-0.2, 0) is 0 Å². The molecule has 0 bridgehead atoms. The molecule has 2 amide bonds. The quantitative estimate of drug-likeness (QED) is 0.279. The number of aryl methyl sites for hydroxylation is 1. The Balaban J connectivity index is 1.72. The standard InChI is InChI=1S/C31H37N3O3/c1-3-4-20-34(25-10-6-5-7-11-25)29-19-16-23(26-12-8-9-13-27(26)30(35)36)21-28(29)33-31(37)32-24-17-14-22(2)15-18-24/h8-9,12-19,21,25H,3-7,10-11,20H2,1-2H3,(H,35,36)(H2,32,33,37). The number of rotatable bonds is 9. The van der Waals surface area contributed by atoms with Crippen molar-refractivity contribution in [3.05, 3.63) is 77.9 Å². The summed E-state index contributed by atoms with van der Waals surface area (Å²) in [5, 5.41) is 15.8. The first-order valence-electron chi connectivity index (χ1n) is 13.3. The van der Waals surface area contributed by atoms with Crippen molar-refractivity contribution >= 4 is 29.1 Å². The van der Waals surface area contributed by atoms with Gasteiger partial charge in [-0.2, -0.15) is 0 Å². The van der Waals surface area contributed by atoms with Crippen LogP contribution in [0.15, 0.2) is 66.7 Å². The van der Waals surface area contributed by atoms with Crippen LogP contribution in [-0.4, -0.2) is 29.7 Å². The number of unbranched alkanes of at least 4 members (excludes halogenated alkanes) is 1. The van der Waals surface area contributed by atoms with Crippen LogP contribution < -0.4 is 15.5 Å². The number of urea groups is 1. The highest BCUT2D eigenvalue weighted by atomic mass is 16.4. The van der Waals surface area contributed by atoms with E-state index >= 15 is 0 Å². The maximum absolute atomic E-state index is 13.1. The lowest BCUT2D eigenvalue weighted by Gasteiger charge is -2.37. The first-order chi connectivity index (χ1) is 18.0. The second-order valence-corrected chi connectivity index (χ2v) is 9.87. The molecule has 0 heterocycles. The Labute approximate surface area is 219 Å². The van der Waals surface area contributed by atoms with E-state index in [1.165, 1.54) is 19.3 Å². The zero-order valence-electron chi connectivity index (χ0n) is 21.8. The van der Waals surface area contributed by atoms with Crippen molar-refractivity contribution in [3.8, 4) is 11.1 Å². The van der Waals surface area contributed by atoms with Gasteiger partial charge in [-0.1, -0.05) is 74.6 Å². The number of nitrogens with zero attached hydrogens (tertiary/aromatic N) is 1. The number of benzene rings is 3. The average Bonchev–Trinajstić information content (AvgIpc) is 2.91. The summed E-state index contributed by atoms with van der Waals surface area (Å²) >= 11 is 0. The minimum absolute atomic E-state index is 0.237. The first-order valence-corrected chi connectivity index (χ1v) is 13.3. The van der Waals surface area contributed by atoms with E-state index in [0.29, 0.717) is 23.0 Å². The number of carboxylic acids is 1. The molecule has 3 aromatic rings. The van der Waals surface area contributed by atoms with Crippen LogP contribution in [0.5, 0.6) is 0 Å². The smallest absolute Gasteiger partial charge is 0.336 e. The molecule has 1 aliphatic rings. The second-order valence-electron chi connectivity index (χ2n) is 9.87. The molecule has 3 aromatic carbocycles. The third kappa shape index (κ3) is 6.70. The molecular formula is C31H37N3O3. The fourth-order valence-corrected chi connectivity index (χ4v) is 5.12. The molecule has 1 aliphatic carbocycles. The number of amides is 2. The SMILES string of the molecule is CCCCN(c1ccc(-c2ccccc2C(=O)O)cc1NC(=O)Nc1ccc(C)cc1)C1CCCCC1. The van der Waals surface area contributed by atoms with E-state index in [4.69, 9.17) is 0 Å². The molecule has 6 nitrogen and oxygen atoms in total. The molecule has 0 atom stereocenters. The van der Waals surface area contributed by atoms with Gasteiger partial charge in [0.05, 0.1) is 16.9 Å². The van der Waals surface area contributed by atoms with Crippen molar-refractivity contribution in [1.29, 1.82) is 0 Å². The van der Waals surface area contributed by atoms with Crippen molar-refractivity contribution < 1.29 is 14.7 Å². The number of anilines is 3. The zero-order chi connectivity index (χ0) is 26.2. The molecule has 194 valence electrons. The normalized spacial score (nSPS) is 13.7. The van der Waals surface area contributed by atoms with Gasteiger partial charge in [0.15, 0.2) is 0 Å². The third-order valence-corrected chi connectivity index (χ3v) is 7.10. The molecule has 1 fully saturated rings. The van der Waals surface area contributed by atoms with Crippen molar-refractivity contribution in [3.63, 3.8) is 0 Å². The van der Waals surface area contributed by atoms with Crippen LogP contribution in [0.4, 0.5) is 21.9 Å². The summed E-state index contributed by atoms with van der Waals surface area (Å²) in [6.07, 6.45) is 8.14. The van der Waals surface area contributed by atoms with E-state index < -0.39 is 5.97 Å². The highest BCUT2D eigenvalue weighted by molar-refractivity contribution is 6.03. The lowest BCUT2D eigenvalue weighted by Crippen LogP contribution is -2.38. The summed E-state index contributed by atoms with van der Waals surface area (Å²) in [6.45, 7) is 5.12. The van der Waals surface area contributed by atoms with Crippen LogP contribution >= 0.6 is 0 Å². The van der Waals surface area contributed by atoms with Gasteiger partial charge in [-0.05, 0) is 67.6 Å². The number of carbonyl (C=O) groups is 2. The van der Waals surface area contributed by atoms with Crippen LogP contribution in [0.3, 0.4) is 0 Å². The van der Waals surface area contributed by atoms with Crippen LogP contribution in [0, 0.1) is 6.92 Å². The van der Waals surface area contributed by atoms with Crippen molar-refractivity contribution in [2.45, 2.75) is 64.8 Å². The third-order valence-electron chi connectivity index (χ3n) is 7.10. The fourth-order valence-electron chi connectivity index (χ4n) is 5.12. The molecule has 37 heavy (non-hydrogen) atoms. The summed E-state index contributed by atoms with van der Waals surface area (Å²) < 4.78 is 0. The maximum atomic E-state index is 13.1. The largest absolute Gasteiger partial charge is 0.478 e. The molecule has 3 N–H and O–H groups in total. The predicted octanol–water partition coefficient (Wildman–Crippen LogP) is 7.94. The van der Waals surface area contributed by atoms with Gasteiger partial charge < -0.3 is 20.6 Å². The predicted molar refractivity (Wildman–Crippen MR) is 152 cm³/mol. The summed E-state index contributed by atoms with van der Waals surface area (Å²) in [5.74, 6) is -0.974. The van der Waals surface area contributed by atoms with E-state index in [0.717, 1.165) is 49.0 Å². The number of aromatic carboxylic acids is 1. The Kier molecular flexibility index (Phi) is 8.83. The van der Waals surface area contributed by atoms with Crippen molar-refractivity contribution in [2.75, 3.05) is 22.1 Å². The minimum atomic E-state index is -0.974. The van der Waals surface area contributed by atoms with Crippen LogP contribution in [0.2, 0.25) is 0 Å². The maximum Gasteiger partial charge on any atom is 0.336 e. The average molecular weight is 500 g/mol. The number of carbonyl (C=O) groups excluding carboxylic acids is 1. The second kappa shape index (κ2) is 12.4. The van der Waals surface area contributed by atoms with E-state index in [1.54, 1.807) is 12.1 Å². The topological polar surface area (TPSA) is 81.7 Å². The Morgan fingerprint density at radius 3 is 2.38 bits per heavy atom. The van der Waals surface area contributed by atoms with E-state index in [9.17, 15) is 14.7 Å². The number of hydrogen-bond donors (Lipinski definition) is 3. The van der Waals surface area contributed by atoms with Gasteiger partial charge in [0.25, 0.3) is 0 Å². The highest BCUT2D eigenvalue weighted by Gasteiger charge is 2.24. The molecule has 0 aliphatic heterocycles. The highest BCUT2D eigenvalue weighted by Crippen LogP contribution is 2.37. The number of hydrogen-bond acceptors (Lipinski definition) is 3. The molecule has 4 rings (SSSR count). The molecule has 1 saturated carbocycles. The Bertz CT molecular complexity index is 1220. The van der Waals surface area contributed by atoms with Gasteiger partial charge in [-0.3, -0.25) is 0 Å². The molecule has 0 unspecified atom stereocenters.